The SMILES string of the molecule is CCC(C)(C)C1CCC(NC(C)c2sccc2Br)CC1. The Morgan fingerprint density at radius 1 is 1.35 bits per heavy atom. The van der Waals surface area contributed by atoms with E-state index in [1.165, 1.54) is 41.5 Å². The van der Waals surface area contributed by atoms with Gasteiger partial charge in [-0.05, 0) is 71.3 Å². The number of thiophene rings is 1. The van der Waals surface area contributed by atoms with E-state index in [-0.39, 0.29) is 0 Å². The molecule has 1 unspecified atom stereocenters. The molecule has 1 N–H and O–H groups in total. The summed E-state index contributed by atoms with van der Waals surface area (Å²) in [6, 6.07) is 3.31. The minimum Gasteiger partial charge on any atom is -0.307 e. The lowest BCUT2D eigenvalue weighted by atomic mass is 9.69. The minimum absolute atomic E-state index is 0.463. The molecule has 1 saturated carbocycles. The first-order chi connectivity index (χ1) is 9.44. The van der Waals surface area contributed by atoms with Crippen LogP contribution in [-0.2, 0) is 0 Å². The van der Waals surface area contributed by atoms with E-state index in [4.69, 9.17) is 0 Å². The molecule has 0 amide bonds. The van der Waals surface area contributed by atoms with Crippen molar-refractivity contribution < 1.29 is 0 Å². The molecule has 1 aromatic heterocycles. The summed E-state index contributed by atoms with van der Waals surface area (Å²) in [5.41, 5.74) is 0.521. The molecule has 1 fully saturated rings. The lowest BCUT2D eigenvalue weighted by Gasteiger charge is -2.39. The molecule has 1 nitrogen and oxygen atoms in total. The lowest BCUT2D eigenvalue weighted by Crippen LogP contribution is -2.37. The zero-order valence-electron chi connectivity index (χ0n) is 13.2. The second kappa shape index (κ2) is 6.93. The average Bonchev–Trinajstić information content (AvgIpc) is 2.85. The van der Waals surface area contributed by atoms with Crippen LogP contribution in [0.1, 0.15) is 70.7 Å². The van der Waals surface area contributed by atoms with Crippen molar-refractivity contribution in [2.45, 2.75) is 71.9 Å². The number of hydrogen-bond donors (Lipinski definition) is 1. The van der Waals surface area contributed by atoms with E-state index in [2.05, 4.69) is 60.4 Å². The Morgan fingerprint density at radius 2 is 2.00 bits per heavy atom. The molecule has 0 radical (unpaired) electrons. The number of nitrogens with one attached hydrogen (secondary N) is 1. The predicted molar refractivity (Wildman–Crippen MR) is 93.4 cm³/mol. The number of halogens is 1. The highest BCUT2D eigenvalue weighted by Gasteiger charge is 2.32. The fourth-order valence-electron chi connectivity index (χ4n) is 3.37. The van der Waals surface area contributed by atoms with E-state index < -0.39 is 0 Å². The van der Waals surface area contributed by atoms with Gasteiger partial charge in [0.1, 0.15) is 0 Å². The molecule has 1 aliphatic rings. The van der Waals surface area contributed by atoms with Gasteiger partial charge in [-0.25, -0.2) is 0 Å². The first kappa shape index (κ1) is 16.5. The summed E-state index contributed by atoms with van der Waals surface area (Å²) in [5.74, 6) is 0.911. The third-order valence-corrected chi connectivity index (χ3v) is 7.32. The highest BCUT2D eigenvalue weighted by molar-refractivity contribution is 9.10. The third-order valence-electron chi connectivity index (χ3n) is 5.27. The summed E-state index contributed by atoms with van der Waals surface area (Å²) in [6.07, 6.45) is 6.74. The van der Waals surface area contributed by atoms with Crippen LogP contribution in [0.3, 0.4) is 0 Å². The van der Waals surface area contributed by atoms with Crippen LogP contribution in [0.25, 0.3) is 0 Å². The Bertz CT molecular complexity index is 418. The Labute approximate surface area is 136 Å². The average molecular weight is 358 g/mol. The van der Waals surface area contributed by atoms with Crippen molar-refractivity contribution in [2.75, 3.05) is 0 Å². The zero-order valence-corrected chi connectivity index (χ0v) is 15.6. The standard InChI is InChI=1S/C17H28BrNS/c1-5-17(3,4)13-6-8-14(9-7-13)19-12(2)16-15(18)10-11-20-16/h10-14,19H,5-9H2,1-4H3. The first-order valence-electron chi connectivity index (χ1n) is 7.93. The lowest BCUT2D eigenvalue weighted by molar-refractivity contribution is 0.134. The van der Waals surface area contributed by atoms with Gasteiger partial charge in [-0.3, -0.25) is 0 Å². The van der Waals surface area contributed by atoms with Crippen LogP contribution < -0.4 is 5.32 Å². The van der Waals surface area contributed by atoms with Crippen LogP contribution in [-0.4, -0.2) is 6.04 Å². The van der Waals surface area contributed by atoms with Crippen LogP contribution in [0, 0.1) is 11.3 Å². The first-order valence-corrected chi connectivity index (χ1v) is 9.60. The number of rotatable bonds is 5. The van der Waals surface area contributed by atoms with Crippen molar-refractivity contribution >= 4 is 27.3 Å². The maximum Gasteiger partial charge on any atom is 0.0399 e. The molecule has 0 saturated heterocycles. The van der Waals surface area contributed by atoms with Crippen molar-refractivity contribution in [2.24, 2.45) is 11.3 Å². The Hall–Kier alpha value is 0.140. The van der Waals surface area contributed by atoms with Gasteiger partial charge in [0.2, 0.25) is 0 Å². The minimum atomic E-state index is 0.463. The van der Waals surface area contributed by atoms with Gasteiger partial charge in [-0.1, -0.05) is 27.2 Å². The molecule has 1 heterocycles. The molecule has 0 bridgehead atoms. The van der Waals surface area contributed by atoms with Crippen molar-refractivity contribution in [1.29, 1.82) is 0 Å². The summed E-state index contributed by atoms with van der Waals surface area (Å²) in [4.78, 5) is 1.43. The summed E-state index contributed by atoms with van der Waals surface area (Å²) in [5, 5.41) is 6.00. The van der Waals surface area contributed by atoms with Gasteiger partial charge in [0.25, 0.3) is 0 Å². The molecular formula is C17H28BrNS. The highest BCUT2D eigenvalue weighted by atomic mass is 79.9. The van der Waals surface area contributed by atoms with E-state index in [0.717, 1.165) is 5.92 Å². The maximum atomic E-state index is 3.83. The normalized spacial score (nSPS) is 25.6. The van der Waals surface area contributed by atoms with E-state index >= 15 is 0 Å². The molecule has 114 valence electrons. The highest BCUT2D eigenvalue weighted by Crippen LogP contribution is 2.41. The summed E-state index contributed by atoms with van der Waals surface area (Å²) in [6.45, 7) is 9.51. The Kier molecular flexibility index (Phi) is 5.72. The monoisotopic (exact) mass is 357 g/mol. The molecule has 1 aliphatic carbocycles. The molecule has 3 heteroatoms. The van der Waals surface area contributed by atoms with E-state index in [1.807, 2.05) is 11.3 Å². The van der Waals surface area contributed by atoms with Crippen LogP contribution in [0.15, 0.2) is 15.9 Å². The Balaban J connectivity index is 1.84. The van der Waals surface area contributed by atoms with Gasteiger partial charge in [0.15, 0.2) is 0 Å². The smallest absolute Gasteiger partial charge is 0.0399 e. The molecule has 0 aliphatic heterocycles. The van der Waals surface area contributed by atoms with Crippen molar-refractivity contribution in [3.05, 3.63) is 20.8 Å². The zero-order chi connectivity index (χ0) is 14.8. The van der Waals surface area contributed by atoms with E-state index in [0.29, 0.717) is 17.5 Å². The topological polar surface area (TPSA) is 12.0 Å². The summed E-state index contributed by atoms with van der Waals surface area (Å²) < 4.78 is 1.25. The predicted octanol–water partition coefficient (Wildman–Crippen LogP) is 6.16. The fourth-order valence-corrected chi connectivity index (χ4v) is 5.11. The van der Waals surface area contributed by atoms with Gasteiger partial charge in [-0.15, -0.1) is 11.3 Å². The molecule has 0 aromatic carbocycles. The third kappa shape index (κ3) is 3.86. The molecular weight excluding hydrogens is 330 g/mol. The Morgan fingerprint density at radius 3 is 2.50 bits per heavy atom. The van der Waals surface area contributed by atoms with Crippen LogP contribution in [0.4, 0.5) is 0 Å². The van der Waals surface area contributed by atoms with E-state index in [1.54, 1.807) is 0 Å². The second-order valence-corrected chi connectivity index (χ2v) is 8.71. The second-order valence-electron chi connectivity index (χ2n) is 6.91. The van der Waals surface area contributed by atoms with Crippen LogP contribution >= 0.6 is 27.3 Å². The molecule has 0 spiro atoms. The van der Waals surface area contributed by atoms with E-state index in [9.17, 15) is 0 Å². The summed E-state index contributed by atoms with van der Waals surface area (Å²) in [7, 11) is 0. The molecule has 2 rings (SSSR count). The largest absolute Gasteiger partial charge is 0.307 e. The number of hydrogen-bond acceptors (Lipinski definition) is 2. The van der Waals surface area contributed by atoms with Gasteiger partial charge >= 0.3 is 0 Å². The fraction of sp³-hybridized carbons (Fsp3) is 0.765. The molecule has 1 atom stereocenters. The van der Waals surface area contributed by atoms with Gasteiger partial charge in [0, 0.05) is 21.4 Å². The molecule has 1 aromatic rings. The van der Waals surface area contributed by atoms with Crippen LogP contribution in [0.5, 0.6) is 0 Å². The van der Waals surface area contributed by atoms with Crippen molar-refractivity contribution in [3.63, 3.8) is 0 Å². The quantitative estimate of drug-likeness (QED) is 0.665. The van der Waals surface area contributed by atoms with Crippen LogP contribution in [0.2, 0.25) is 0 Å². The van der Waals surface area contributed by atoms with Gasteiger partial charge < -0.3 is 5.32 Å². The summed E-state index contributed by atoms with van der Waals surface area (Å²) >= 11 is 5.49. The maximum absolute atomic E-state index is 3.83. The van der Waals surface area contributed by atoms with Gasteiger partial charge in [0.05, 0.1) is 0 Å². The molecule has 20 heavy (non-hydrogen) atoms. The van der Waals surface area contributed by atoms with Crippen molar-refractivity contribution in [1.82, 2.24) is 5.32 Å². The van der Waals surface area contributed by atoms with Gasteiger partial charge in [-0.2, -0.15) is 0 Å². The van der Waals surface area contributed by atoms with Crippen molar-refractivity contribution in [3.8, 4) is 0 Å².